The number of aryl methyl sites for hydroxylation is 2. The van der Waals surface area contributed by atoms with E-state index in [0.717, 1.165) is 5.69 Å². The van der Waals surface area contributed by atoms with Gasteiger partial charge < -0.3 is 5.32 Å². The maximum Gasteiger partial charge on any atom is 0.133 e. The van der Waals surface area contributed by atoms with Crippen LogP contribution in [-0.2, 0) is 13.5 Å². The van der Waals surface area contributed by atoms with Gasteiger partial charge >= 0.3 is 0 Å². The van der Waals surface area contributed by atoms with E-state index >= 15 is 0 Å². The minimum absolute atomic E-state index is 0.129. The zero-order chi connectivity index (χ0) is 14.7. The van der Waals surface area contributed by atoms with Crippen molar-refractivity contribution in [1.29, 1.82) is 0 Å². The third-order valence-corrected chi connectivity index (χ3v) is 3.35. The molecule has 1 aromatic carbocycles. The van der Waals surface area contributed by atoms with Crippen molar-refractivity contribution in [3.05, 3.63) is 53.1 Å². The quantitative estimate of drug-likeness (QED) is 0.914. The Morgan fingerprint density at radius 3 is 2.40 bits per heavy atom. The molecule has 0 saturated carbocycles. The molecule has 0 spiro atoms. The molecule has 108 valence electrons. The Labute approximate surface area is 115 Å². The second-order valence-electron chi connectivity index (χ2n) is 4.61. The molecule has 2 aromatic rings. The van der Waals surface area contributed by atoms with Gasteiger partial charge in [-0.3, -0.25) is 4.68 Å². The number of hydrogen-bond acceptors (Lipinski definition) is 2. The highest BCUT2D eigenvalue weighted by Gasteiger charge is 2.20. The monoisotopic (exact) mass is 283 g/mol. The molecule has 1 atom stereocenters. The van der Waals surface area contributed by atoms with Crippen LogP contribution < -0.4 is 5.32 Å². The molecule has 0 radical (unpaired) electrons. The molecule has 0 aliphatic carbocycles. The lowest BCUT2D eigenvalue weighted by Crippen LogP contribution is -2.20. The molecule has 0 fully saturated rings. The van der Waals surface area contributed by atoms with E-state index in [1.54, 1.807) is 17.9 Å². The molecule has 0 amide bonds. The molecule has 3 nitrogen and oxygen atoms in total. The number of hydrogen-bond donors (Lipinski definition) is 1. The molecule has 1 unspecified atom stereocenters. The fraction of sp³-hybridized carbons (Fsp3) is 0.357. The first-order valence-electron chi connectivity index (χ1n) is 6.31. The highest BCUT2D eigenvalue weighted by Crippen LogP contribution is 2.25. The summed E-state index contributed by atoms with van der Waals surface area (Å²) in [6.45, 7) is 0. The van der Waals surface area contributed by atoms with Crippen molar-refractivity contribution in [2.75, 3.05) is 7.05 Å². The van der Waals surface area contributed by atoms with Crippen molar-refractivity contribution in [3.63, 3.8) is 0 Å². The van der Waals surface area contributed by atoms with Crippen molar-refractivity contribution in [3.8, 4) is 0 Å². The molecule has 6 heteroatoms. The predicted octanol–water partition coefficient (Wildman–Crippen LogP) is 2.73. The fourth-order valence-corrected chi connectivity index (χ4v) is 2.26. The first-order valence-corrected chi connectivity index (χ1v) is 6.31. The molecule has 2 rings (SSSR count). The summed E-state index contributed by atoms with van der Waals surface area (Å²) in [5, 5.41) is 6.91. The average molecular weight is 283 g/mol. The van der Waals surface area contributed by atoms with Gasteiger partial charge in [0.2, 0.25) is 0 Å². The van der Waals surface area contributed by atoms with Gasteiger partial charge in [-0.2, -0.15) is 5.10 Å². The Hall–Kier alpha value is -1.82. The minimum atomic E-state index is -0.912. The minimum Gasteiger partial charge on any atom is -0.313 e. The van der Waals surface area contributed by atoms with E-state index in [2.05, 4.69) is 10.4 Å². The van der Waals surface area contributed by atoms with E-state index < -0.39 is 23.5 Å². The Bertz CT molecular complexity index is 572. The van der Waals surface area contributed by atoms with Crippen molar-refractivity contribution < 1.29 is 13.2 Å². The number of aromatic nitrogens is 2. The summed E-state index contributed by atoms with van der Waals surface area (Å²) < 4.78 is 42.1. The Morgan fingerprint density at radius 2 is 1.90 bits per heavy atom. The number of rotatable bonds is 5. The van der Waals surface area contributed by atoms with Gasteiger partial charge in [-0.15, -0.1) is 0 Å². The predicted molar refractivity (Wildman–Crippen MR) is 69.6 cm³/mol. The molecule has 0 bridgehead atoms. The second-order valence-corrected chi connectivity index (χ2v) is 4.61. The van der Waals surface area contributed by atoms with Crippen LogP contribution in [0.5, 0.6) is 0 Å². The Balaban J connectivity index is 2.18. The zero-order valence-corrected chi connectivity index (χ0v) is 11.3. The smallest absolute Gasteiger partial charge is 0.133 e. The van der Waals surface area contributed by atoms with E-state index in [1.807, 2.05) is 13.1 Å². The molecule has 0 aliphatic rings. The van der Waals surface area contributed by atoms with Crippen LogP contribution in [-0.4, -0.2) is 16.8 Å². The summed E-state index contributed by atoms with van der Waals surface area (Å²) in [6.07, 6.45) is 2.76. The molecule has 0 aliphatic heterocycles. The van der Waals surface area contributed by atoms with Crippen LogP contribution in [0.2, 0.25) is 0 Å². The zero-order valence-electron chi connectivity index (χ0n) is 11.3. The maximum absolute atomic E-state index is 13.8. The summed E-state index contributed by atoms with van der Waals surface area (Å²) >= 11 is 0. The fourth-order valence-electron chi connectivity index (χ4n) is 2.26. The molecular weight excluding hydrogens is 267 g/mol. The van der Waals surface area contributed by atoms with Crippen LogP contribution in [0.4, 0.5) is 13.2 Å². The highest BCUT2D eigenvalue weighted by atomic mass is 19.1. The standard InChI is InChI=1S/C14H16F3N3/c1-18-13(4-3-10-5-6-19-20(10)2)14-11(16)7-9(15)8-12(14)17/h5-8,13,18H,3-4H2,1-2H3. The van der Waals surface area contributed by atoms with E-state index in [-0.39, 0.29) is 5.56 Å². The van der Waals surface area contributed by atoms with Gasteiger partial charge in [0, 0.05) is 42.7 Å². The van der Waals surface area contributed by atoms with Crippen LogP contribution >= 0.6 is 0 Å². The lowest BCUT2D eigenvalue weighted by molar-refractivity contribution is 0.457. The molecule has 20 heavy (non-hydrogen) atoms. The third kappa shape index (κ3) is 3.01. The van der Waals surface area contributed by atoms with Crippen LogP contribution in [0, 0.1) is 17.5 Å². The molecular formula is C14H16F3N3. The molecule has 0 saturated heterocycles. The summed E-state index contributed by atoms with van der Waals surface area (Å²) in [6, 6.07) is 2.73. The van der Waals surface area contributed by atoms with E-state index in [9.17, 15) is 13.2 Å². The highest BCUT2D eigenvalue weighted by molar-refractivity contribution is 5.24. The van der Waals surface area contributed by atoms with Crippen molar-refractivity contribution in [1.82, 2.24) is 15.1 Å². The van der Waals surface area contributed by atoms with Gasteiger partial charge in [0.05, 0.1) is 0 Å². The summed E-state index contributed by atoms with van der Waals surface area (Å²) in [7, 11) is 3.43. The van der Waals surface area contributed by atoms with Crippen molar-refractivity contribution >= 4 is 0 Å². The Kier molecular flexibility index (Phi) is 4.44. The van der Waals surface area contributed by atoms with Gasteiger partial charge in [-0.25, -0.2) is 13.2 Å². The van der Waals surface area contributed by atoms with Gasteiger partial charge in [-0.05, 0) is 26.0 Å². The topological polar surface area (TPSA) is 29.9 Å². The van der Waals surface area contributed by atoms with E-state index in [1.165, 1.54) is 0 Å². The SMILES string of the molecule is CNC(CCc1ccnn1C)c1c(F)cc(F)cc1F. The van der Waals surface area contributed by atoms with Crippen LogP contribution in [0.1, 0.15) is 23.7 Å². The lowest BCUT2D eigenvalue weighted by atomic mass is 9.99. The normalized spacial score (nSPS) is 12.7. The molecule has 1 aromatic heterocycles. The number of benzene rings is 1. The van der Waals surface area contributed by atoms with Crippen LogP contribution in [0.15, 0.2) is 24.4 Å². The summed E-state index contributed by atoms with van der Waals surface area (Å²) in [4.78, 5) is 0. The van der Waals surface area contributed by atoms with Crippen LogP contribution in [0.25, 0.3) is 0 Å². The largest absolute Gasteiger partial charge is 0.313 e. The van der Waals surface area contributed by atoms with Gasteiger partial charge in [0.25, 0.3) is 0 Å². The van der Waals surface area contributed by atoms with Gasteiger partial charge in [0.1, 0.15) is 17.5 Å². The van der Waals surface area contributed by atoms with E-state index in [4.69, 9.17) is 0 Å². The molecule has 1 N–H and O–H groups in total. The number of nitrogens with zero attached hydrogens (tertiary/aromatic N) is 2. The average Bonchev–Trinajstić information content (AvgIpc) is 2.78. The van der Waals surface area contributed by atoms with Crippen molar-refractivity contribution in [2.45, 2.75) is 18.9 Å². The van der Waals surface area contributed by atoms with E-state index in [0.29, 0.717) is 25.0 Å². The van der Waals surface area contributed by atoms with Gasteiger partial charge in [-0.1, -0.05) is 0 Å². The van der Waals surface area contributed by atoms with Crippen molar-refractivity contribution in [2.24, 2.45) is 7.05 Å². The third-order valence-electron chi connectivity index (χ3n) is 3.35. The number of nitrogens with one attached hydrogen (secondary N) is 1. The Morgan fingerprint density at radius 1 is 1.25 bits per heavy atom. The maximum atomic E-state index is 13.8. The van der Waals surface area contributed by atoms with Gasteiger partial charge in [0.15, 0.2) is 0 Å². The second kappa shape index (κ2) is 6.09. The first kappa shape index (κ1) is 14.6. The summed E-state index contributed by atoms with van der Waals surface area (Å²) in [5.41, 5.74) is 0.837. The number of halogens is 3. The van der Waals surface area contributed by atoms with Crippen LogP contribution in [0.3, 0.4) is 0 Å². The first-order chi connectivity index (χ1) is 9.52. The summed E-state index contributed by atoms with van der Waals surface area (Å²) in [5.74, 6) is -2.65. The lowest BCUT2D eigenvalue weighted by Gasteiger charge is -2.18. The molecule has 1 heterocycles.